The Kier molecular flexibility index (Phi) is 4.18. The fourth-order valence-electron chi connectivity index (χ4n) is 1.86. The number of aromatic hydroxyl groups is 1. The van der Waals surface area contributed by atoms with Gasteiger partial charge < -0.3 is 10.8 Å². The summed E-state index contributed by atoms with van der Waals surface area (Å²) in [6.45, 7) is 0. The lowest BCUT2D eigenvalue weighted by molar-refractivity contribution is 0.483. The highest BCUT2D eigenvalue weighted by atomic mass is 32.2. The predicted molar refractivity (Wildman–Crippen MR) is 83.9 cm³/mol. The molecule has 120 valence electrons. The van der Waals surface area contributed by atoms with Crippen molar-refractivity contribution < 1.29 is 26.5 Å². The average Bonchev–Trinajstić information content (AvgIpc) is 2.42. The molecule has 0 heterocycles. The molecule has 0 saturated heterocycles. The standard InChI is InChI=1S/C12H14N2O6S2/c13-11-10(14-21(16,17)5-6-22(18,19)20)7-8-3-1-2-4-9(8)12(11)15/h1-4,7,14-15H,5-6,13H2,(H,18,19,20). The van der Waals surface area contributed by atoms with E-state index in [0.717, 1.165) is 0 Å². The van der Waals surface area contributed by atoms with Crippen LogP contribution in [0.2, 0.25) is 0 Å². The summed E-state index contributed by atoms with van der Waals surface area (Å²) in [7, 11) is -8.46. The van der Waals surface area contributed by atoms with Gasteiger partial charge in [-0.15, -0.1) is 0 Å². The quantitative estimate of drug-likeness (QED) is 0.355. The summed E-state index contributed by atoms with van der Waals surface area (Å²) in [5.41, 5.74) is 5.46. The van der Waals surface area contributed by atoms with E-state index >= 15 is 0 Å². The van der Waals surface area contributed by atoms with Crippen molar-refractivity contribution in [1.82, 2.24) is 0 Å². The van der Waals surface area contributed by atoms with Crippen LogP contribution in [0.3, 0.4) is 0 Å². The molecule has 0 aliphatic rings. The number of nitrogens with one attached hydrogen (secondary N) is 1. The minimum atomic E-state index is -4.40. The summed E-state index contributed by atoms with van der Waals surface area (Å²) in [5.74, 6) is -2.05. The Labute approximate surface area is 127 Å². The second-order valence-corrected chi connectivity index (χ2v) is 8.03. The monoisotopic (exact) mass is 346 g/mol. The highest BCUT2D eigenvalue weighted by Gasteiger charge is 2.18. The third-order valence-electron chi connectivity index (χ3n) is 2.94. The van der Waals surface area contributed by atoms with E-state index in [-0.39, 0.29) is 17.1 Å². The Morgan fingerprint density at radius 2 is 1.73 bits per heavy atom. The van der Waals surface area contributed by atoms with Gasteiger partial charge in [0, 0.05) is 5.39 Å². The average molecular weight is 346 g/mol. The molecule has 2 aromatic carbocycles. The number of nitrogens with two attached hydrogens (primary N) is 1. The van der Waals surface area contributed by atoms with Crippen LogP contribution >= 0.6 is 0 Å². The lowest BCUT2D eigenvalue weighted by Gasteiger charge is -2.13. The number of fused-ring (bicyclic) bond motifs is 1. The van der Waals surface area contributed by atoms with Crippen LogP contribution in [0.15, 0.2) is 30.3 Å². The summed E-state index contributed by atoms with van der Waals surface area (Å²) in [6.07, 6.45) is 0. The number of anilines is 2. The van der Waals surface area contributed by atoms with Gasteiger partial charge in [0.1, 0.15) is 5.75 Å². The number of sulfonamides is 1. The minimum absolute atomic E-state index is 0.0634. The van der Waals surface area contributed by atoms with Gasteiger partial charge >= 0.3 is 0 Å². The molecular weight excluding hydrogens is 332 g/mol. The van der Waals surface area contributed by atoms with Crippen molar-refractivity contribution >= 4 is 42.3 Å². The second kappa shape index (κ2) is 5.63. The lowest BCUT2D eigenvalue weighted by atomic mass is 10.1. The molecule has 2 aromatic rings. The van der Waals surface area contributed by atoms with Gasteiger partial charge in [0.2, 0.25) is 10.0 Å². The minimum Gasteiger partial charge on any atom is -0.505 e. The van der Waals surface area contributed by atoms with Gasteiger partial charge in [0.25, 0.3) is 10.1 Å². The van der Waals surface area contributed by atoms with Gasteiger partial charge in [-0.05, 0) is 11.5 Å². The van der Waals surface area contributed by atoms with Crippen LogP contribution in [0.25, 0.3) is 10.8 Å². The Morgan fingerprint density at radius 1 is 1.09 bits per heavy atom. The van der Waals surface area contributed by atoms with E-state index in [9.17, 15) is 21.9 Å². The smallest absolute Gasteiger partial charge is 0.265 e. The van der Waals surface area contributed by atoms with Crippen LogP contribution in [0, 0.1) is 0 Å². The van der Waals surface area contributed by atoms with Crippen molar-refractivity contribution in [1.29, 1.82) is 0 Å². The van der Waals surface area contributed by atoms with Crippen molar-refractivity contribution in [3.05, 3.63) is 30.3 Å². The van der Waals surface area contributed by atoms with Gasteiger partial charge in [-0.2, -0.15) is 8.42 Å². The SMILES string of the molecule is Nc1c(NS(=O)(=O)CCS(=O)(=O)O)cc2ccccc2c1O. The Morgan fingerprint density at radius 3 is 2.36 bits per heavy atom. The van der Waals surface area contributed by atoms with Crippen LogP contribution in [0.4, 0.5) is 11.4 Å². The van der Waals surface area contributed by atoms with E-state index in [1.54, 1.807) is 24.3 Å². The van der Waals surface area contributed by atoms with Crippen molar-refractivity contribution in [2.24, 2.45) is 0 Å². The molecule has 5 N–H and O–H groups in total. The number of phenols is 1. The van der Waals surface area contributed by atoms with Crippen LogP contribution in [-0.4, -0.2) is 38.0 Å². The molecule has 10 heteroatoms. The number of rotatable bonds is 5. The Hall–Kier alpha value is -2.04. The van der Waals surface area contributed by atoms with Crippen molar-refractivity contribution in [3.8, 4) is 5.75 Å². The molecule has 22 heavy (non-hydrogen) atoms. The van der Waals surface area contributed by atoms with E-state index in [2.05, 4.69) is 4.72 Å². The maximum absolute atomic E-state index is 11.8. The van der Waals surface area contributed by atoms with Gasteiger partial charge in [0.05, 0.1) is 22.9 Å². The third kappa shape index (κ3) is 3.78. The maximum atomic E-state index is 11.8. The van der Waals surface area contributed by atoms with Gasteiger partial charge in [-0.3, -0.25) is 9.27 Å². The Bertz CT molecular complexity index is 922. The molecule has 0 bridgehead atoms. The van der Waals surface area contributed by atoms with Crippen LogP contribution in [0.1, 0.15) is 0 Å². The summed E-state index contributed by atoms with van der Waals surface area (Å²) >= 11 is 0. The molecule has 0 unspecified atom stereocenters. The lowest BCUT2D eigenvalue weighted by Crippen LogP contribution is -2.23. The number of phenolic OH excluding ortho intramolecular Hbond substituents is 1. The summed E-state index contributed by atoms with van der Waals surface area (Å²) in [5, 5.41) is 11.0. The highest BCUT2D eigenvalue weighted by Crippen LogP contribution is 2.37. The van der Waals surface area contributed by atoms with E-state index in [4.69, 9.17) is 10.3 Å². The summed E-state index contributed by atoms with van der Waals surface area (Å²) in [4.78, 5) is 0. The molecule has 2 rings (SSSR count). The first-order valence-electron chi connectivity index (χ1n) is 6.05. The zero-order valence-corrected chi connectivity index (χ0v) is 12.9. The maximum Gasteiger partial charge on any atom is 0.265 e. The molecule has 0 aliphatic carbocycles. The van der Waals surface area contributed by atoms with E-state index < -0.39 is 31.6 Å². The van der Waals surface area contributed by atoms with Gasteiger partial charge in [-0.1, -0.05) is 24.3 Å². The van der Waals surface area contributed by atoms with Crippen molar-refractivity contribution in [2.75, 3.05) is 22.0 Å². The van der Waals surface area contributed by atoms with Gasteiger partial charge in [-0.25, -0.2) is 8.42 Å². The first-order chi connectivity index (χ1) is 10.1. The normalized spacial score (nSPS) is 12.4. The zero-order chi connectivity index (χ0) is 16.5. The molecule has 0 fully saturated rings. The number of benzene rings is 2. The van der Waals surface area contributed by atoms with E-state index in [1.165, 1.54) is 6.07 Å². The zero-order valence-electron chi connectivity index (χ0n) is 11.2. The molecule has 0 saturated carbocycles. The van der Waals surface area contributed by atoms with E-state index in [1.807, 2.05) is 0 Å². The van der Waals surface area contributed by atoms with Crippen LogP contribution in [-0.2, 0) is 20.1 Å². The largest absolute Gasteiger partial charge is 0.505 e. The summed E-state index contributed by atoms with van der Waals surface area (Å²) < 4.78 is 55.6. The van der Waals surface area contributed by atoms with Crippen LogP contribution in [0.5, 0.6) is 5.75 Å². The van der Waals surface area contributed by atoms with Gasteiger partial charge in [0.15, 0.2) is 0 Å². The molecule has 0 amide bonds. The molecule has 0 aromatic heterocycles. The molecule has 0 aliphatic heterocycles. The van der Waals surface area contributed by atoms with E-state index in [0.29, 0.717) is 10.8 Å². The second-order valence-electron chi connectivity index (χ2n) is 4.61. The molecule has 0 spiro atoms. The fourth-order valence-corrected chi connectivity index (χ4v) is 4.19. The van der Waals surface area contributed by atoms with Crippen molar-refractivity contribution in [2.45, 2.75) is 0 Å². The molecule has 0 radical (unpaired) electrons. The first kappa shape index (κ1) is 16.3. The molecule has 0 atom stereocenters. The highest BCUT2D eigenvalue weighted by molar-refractivity contribution is 7.94. The Balaban J connectivity index is 2.37. The predicted octanol–water partition coefficient (Wildman–Crippen LogP) is 0.757. The topological polar surface area (TPSA) is 147 Å². The first-order valence-corrected chi connectivity index (χ1v) is 9.31. The number of hydrogen-bond donors (Lipinski definition) is 4. The molecular formula is C12H14N2O6S2. The number of hydrogen-bond acceptors (Lipinski definition) is 6. The molecule has 8 nitrogen and oxygen atoms in total. The number of nitrogen functional groups attached to an aromatic ring is 1. The van der Waals surface area contributed by atoms with Crippen LogP contribution < -0.4 is 10.5 Å². The third-order valence-corrected chi connectivity index (χ3v) is 5.19. The van der Waals surface area contributed by atoms with Crippen molar-refractivity contribution in [3.63, 3.8) is 0 Å². The summed E-state index contributed by atoms with van der Waals surface area (Å²) in [6, 6.07) is 8.10. The fraction of sp³-hybridized carbons (Fsp3) is 0.167.